The Hall–Kier alpha value is -1.70. The lowest BCUT2D eigenvalue weighted by atomic mass is 10.2. The van der Waals surface area contributed by atoms with Crippen LogP contribution in [-0.2, 0) is 11.2 Å². The smallest absolute Gasteiger partial charge is 0.234 e. The van der Waals surface area contributed by atoms with Crippen molar-refractivity contribution in [2.75, 3.05) is 5.32 Å². The third kappa shape index (κ3) is 3.31. The van der Waals surface area contributed by atoms with E-state index in [1.165, 1.54) is 17.7 Å². The van der Waals surface area contributed by atoms with Crippen LogP contribution in [0.2, 0.25) is 10.0 Å². The maximum atomic E-state index is 11.9. The number of aryl methyl sites for hydroxylation is 1. The molecule has 21 heavy (non-hydrogen) atoms. The second-order valence-electron chi connectivity index (χ2n) is 4.23. The van der Waals surface area contributed by atoms with Gasteiger partial charge in [-0.1, -0.05) is 34.5 Å². The fraction of sp³-hybridized carbons (Fsp3) is 0.167. The number of hydrogen-bond donors (Lipinski definition) is 1. The predicted octanol–water partition coefficient (Wildman–Crippen LogP) is 3.06. The SMILES string of the molecule is O=C(CCc1nn2cnnc2s1)Nc1cc(Cl)ccc1Cl. The molecule has 9 heteroatoms. The van der Waals surface area contributed by atoms with E-state index >= 15 is 0 Å². The van der Waals surface area contributed by atoms with Crippen LogP contribution in [0.25, 0.3) is 4.96 Å². The zero-order valence-corrected chi connectivity index (χ0v) is 12.9. The van der Waals surface area contributed by atoms with Gasteiger partial charge in [0.05, 0.1) is 10.7 Å². The molecule has 1 N–H and O–H groups in total. The number of rotatable bonds is 4. The Morgan fingerprint density at radius 2 is 2.24 bits per heavy atom. The topological polar surface area (TPSA) is 72.2 Å². The summed E-state index contributed by atoms with van der Waals surface area (Å²) in [5, 5.41) is 16.4. The summed E-state index contributed by atoms with van der Waals surface area (Å²) in [6.07, 6.45) is 2.35. The molecule has 0 unspecified atom stereocenters. The molecule has 0 saturated carbocycles. The monoisotopic (exact) mass is 341 g/mol. The summed E-state index contributed by atoms with van der Waals surface area (Å²) in [6.45, 7) is 0. The van der Waals surface area contributed by atoms with Gasteiger partial charge in [-0.05, 0) is 18.2 Å². The fourth-order valence-electron chi connectivity index (χ4n) is 1.73. The first kappa shape index (κ1) is 14.2. The molecule has 0 atom stereocenters. The van der Waals surface area contributed by atoms with Crippen LogP contribution in [0.15, 0.2) is 24.5 Å². The molecule has 3 aromatic rings. The largest absolute Gasteiger partial charge is 0.325 e. The highest BCUT2D eigenvalue weighted by Crippen LogP contribution is 2.25. The molecule has 0 bridgehead atoms. The van der Waals surface area contributed by atoms with Crippen molar-refractivity contribution in [3.63, 3.8) is 0 Å². The van der Waals surface area contributed by atoms with Crippen LogP contribution in [0.4, 0.5) is 5.69 Å². The summed E-state index contributed by atoms with van der Waals surface area (Å²) < 4.78 is 1.59. The Balaban J connectivity index is 1.61. The Morgan fingerprint density at radius 1 is 1.38 bits per heavy atom. The van der Waals surface area contributed by atoms with Gasteiger partial charge in [0, 0.05) is 17.9 Å². The van der Waals surface area contributed by atoms with Crippen LogP contribution >= 0.6 is 34.5 Å². The summed E-state index contributed by atoms with van der Waals surface area (Å²) in [4.78, 5) is 12.6. The fourth-order valence-corrected chi connectivity index (χ4v) is 2.88. The van der Waals surface area contributed by atoms with Crippen LogP contribution in [0.3, 0.4) is 0 Å². The molecule has 1 aromatic carbocycles. The average molecular weight is 342 g/mol. The maximum Gasteiger partial charge on any atom is 0.234 e. The van der Waals surface area contributed by atoms with Gasteiger partial charge in [-0.25, -0.2) is 0 Å². The molecule has 108 valence electrons. The van der Waals surface area contributed by atoms with Gasteiger partial charge in [-0.3, -0.25) is 4.79 Å². The molecule has 0 spiro atoms. The van der Waals surface area contributed by atoms with E-state index in [2.05, 4.69) is 20.6 Å². The molecule has 1 amide bonds. The lowest BCUT2D eigenvalue weighted by molar-refractivity contribution is -0.116. The molecule has 6 nitrogen and oxygen atoms in total. The van der Waals surface area contributed by atoms with Gasteiger partial charge in [-0.15, -0.1) is 10.2 Å². The second kappa shape index (κ2) is 5.97. The Bertz CT molecular complexity index is 771. The highest BCUT2D eigenvalue weighted by molar-refractivity contribution is 7.16. The average Bonchev–Trinajstić information content (AvgIpc) is 3.01. The molecule has 3 rings (SSSR count). The van der Waals surface area contributed by atoms with Gasteiger partial charge in [0.2, 0.25) is 10.9 Å². The number of anilines is 1. The van der Waals surface area contributed by atoms with Gasteiger partial charge in [0.15, 0.2) is 0 Å². The number of aromatic nitrogens is 4. The van der Waals surface area contributed by atoms with E-state index in [0.29, 0.717) is 33.5 Å². The summed E-state index contributed by atoms with van der Waals surface area (Å²) >= 11 is 13.3. The van der Waals surface area contributed by atoms with E-state index in [1.807, 2.05) is 0 Å². The third-order valence-corrected chi connectivity index (χ3v) is 4.23. The van der Waals surface area contributed by atoms with Crippen LogP contribution in [-0.4, -0.2) is 25.7 Å². The number of benzene rings is 1. The van der Waals surface area contributed by atoms with Crippen molar-refractivity contribution in [1.82, 2.24) is 19.8 Å². The molecule has 0 aliphatic heterocycles. The number of amides is 1. The van der Waals surface area contributed by atoms with Crippen molar-refractivity contribution in [2.45, 2.75) is 12.8 Å². The molecular weight excluding hydrogens is 333 g/mol. The summed E-state index contributed by atoms with van der Waals surface area (Å²) in [6, 6.07) is 4.92. The van der Waals surface area contributed by atoms with Crippen molar-refractivity contribution in [3.8, 4) is 0 Å². The first-order chi connectivity index (χ1) is 10.1. The lowest BCUT2D eigenvalue weighted by Crippen LogP contribution is -2.12. The first-order valence-corrected chi connectivity index (χ1v) is 7.60. The maximum absolute atomic E-state index is 11.9. The second-order valence-corrected chi connectivity index (χ2v) is 6.11. The lowest BCUT2D eigenvalue weighted by Gasteiger charge is -2.06. The minimum Gasteiger partial charge on any atom is -0.325 e. The van der Waals surface area contributed by atoms with Gasteiger partial charge >= 0.3 is 0 Å². The van der Waals surface area contributed by atoms with E-state index < -0.39 is 0 Å². The molecule has 2 aromatic heterocycles. The minimum absolute atomic E-state index is 0.148. The molecule has 0 saturated heterocycles. The van der Waals surface area contributed by atoms with Crippen LogP contribution in [0.5, 0.6) is 0 Å². The zero-order valence-electron chi connectivity index (χ0n) is 10.6. The van der Waals surface area contributed by atoms with Crippen molar-refractivity contribution in [2.24, 2.45) is 0 Å². The van der Waals surface area contributed by atoms with E-state index in [9.17, 15) is 4.79 Å². The van der Waals surface area contributed by atoms with Crippen molar-refractivity contribution >= 4 is 51.1 Å². The number of halogens is 2. The number of carbonyl (C=O) groups is 1. The summed E-state index contributed by atoms with van der Waals surface area (Å²) in [5.41, 5.74) is 0.507. The standard InChI is InChI=1S/C12H9Cl2N5OS/c13-7-1-2-8(14)9(5-7)16-10(20)3-4-11-18-19-6-15-17-12(19)21-11/h1-2,5-6H,3-4H2,(H,16,20). The minimum atomic E-state index is -0.148. The van der Waals surface area contributed by atoms with E-state index in [4.69, 9.17) is 23.2 Å². The van der Waals surface area contributed by atoms with Gasteiger partial charge < -0.3 is 5.32 Å². The van der Waals surface area contributed by atoms with Crippen molar-refractivity contribution < 1.29 is 4.79 Å². The quantitative estimate of drug-likeness (QED) is 0.791. The number of carbonyl (C=O) groups excluding carboxylic acids is 1. The third-order valence-electron chi connectivity index (χ3n) is 2.70. The molecule has 0 aliphatic carbocycles. The molecule has 2 heterocycles. The first-order valence-electron chi connectivity index (χ1n) is 6.02. The summed E-state index contributed by atoms with van der Waals surface area (Å²) in [5.74, 6) is -0.148. The van der Waals surface area contributed by atoms with E-state index in [0.717, 1.165) is 5.01 Å². The van der Waals surface area contributed by atoms with E-state index in [1.54, 1.807) is 22.7 Å². The molecule has 0 radical (unpaired) electrons. The number of fused-ring (bicyclic) bond motifs is 1. The number of hydrogen-bond acceptors (Lipinski definition) is 5. The Morgan fingerprint density at radius 3 is 3.05 bits per heavy atom. The van der Waals surface area contributed by atoms with Crippen LogP contribution < -0.4 is 5.32 Å². The zero-order chi connectivity index (χ0) is 14.8. The molecule has 0 aliphatic rings. The van der Waals surface area contributed by atoms with Gasteiger partial charge in [-0.2, -0.15) is 9.61 Å². The van der Waals surface area contributed by atoms with Gasteiger partial charge in [0.1, 0.15) is 11.3 Å². The van der Waals surface area contributed by atoms with Crippen LogP contribution in [0, 0.1) is 0 Å². The molecular formula is C12H9Cl2N5OS. The van der Waals surface area contributed by atoms with E-state index in [-0.39, 0.29) is 5.91 Å². The highest BCUT2D eigenvalue weighted by atomic mass is 35.5. The van der Waals surface area contributed by atoms with Gasteiger partial charge in [0.25, 0.3) is 0 Å². The Labute approximate surface area is 133 Å². The predicted molar refractivity (Wildman–Crippen MR) is 82.1 cm³/mol. The van der Waals surface area contributed by atoms with Crippen molar-refractivity contribution in [3.05, 3.63) is 39.6 Å². The molecule has 0 fully saturated rings. The Kier molecular flexibility index (Phi) is 4.05. The number of nitrogens with one attached hydrogen (secondary N) is 1. The summed E-state index contributed by atoms with van der Waals surface area (Å²) in [7, 11) is 0. The number of nitrogens with zero attached hydrogens (tertiary/aromatic N) is 4. The van der Waals surface area contributed by atoms with Crippen molar-refractivity contribution in [1.29, 1.82) is 0 Å². The highest BCUT2D eigenvalue weighted by Gasteiger charge is 2.10. The van der Waals surface area contributed by atoms with Crippen LogP contribution in [0.1, 0.15) is 11.4 Å². The normalized spacial score (nSPS) is 11.0.